The van der Waals surface area contributed by atoms with Crippen molar-refractivity contribution >= 4 is 5.91 Å². The summed E-state index contributed by atoms with van der Waals surface area (Å²) in [7, 11) is 1.68. The summed E-state index contributed by atoms with van der Waals surface area (Å²) in [4.78, 5) is 12.7. The van der Waals surface area contributed by atoms with Gasteiger partial charge in [0.25, 0.3) is 0 Å². The van der Waals surface area contributed by atoms with Gasteiger partial charge in [0.2, 0.25) is 5.91 Å². The first-order valence-corrected chi connectivity index (χ1v) is 6.95. The van der Waals surface area contributed by atoms with E-state index in [4.69, 9.17) is 10.5 Å². The minimum absolute atomic E-state index is 0.102. The highest BCUT2D eigenvalue weighted by Crippen LogP contribution is 2.11. The Bertz CT molecular complexity index is 409. The molecule has 1 saturated heterocycles. The van der Waals surface area contributed by atoms with E-state index in [0.717, 1.165) is 44.6 Å². The van der Waals surface area contributed by atoms with E-state index in [9.17, 15) is 4.79 Å². The molecule has 0 atom stereocenters. The number of hydrogen-bond donors (Lipinski definition) is 2. The molecule has 2 rings (SSSR count). The molecule has 0 spiro atoms. The number of carbonyl (C=O) groups is 1. The van der Waals surface area contributed by atoms with E-state index in [1.54, 1.807) is 12.0 Å². The standard InChI is InChI=1S/C15H22N2O2/c1-19-14-4-2-12(3-5-14)6-9-17-10-7-13(8-11-17)15(16)18/h2-5,13H,6-11H2,1H3,(H2,16,18)/p+1. The van der Waals surface area contributed by atoms with Gasteiger partial charge in [-0.15, -0.1) is 0 Å². The minimum Gasteiger partial charge on any atom is -0.497 e. The maximum Gasteiger partial charge on any atom is 0.220 e. The zero-order valence-corrected chi connectivity index (χ0v) is 11.5. The number of methoxy groups -OCH3 is 1. The lowest BCUT2D eigenvalue weighted by atomic mass is 9.96. The molecule has 0 unspecified atom stereocenters. The lowest BCUT2D eigenvalue weighted by Gasteiger charge is -2.27. The molecule has 1 heterocycles. The van der Waals surface area contributed by atoms with Crippen LogP contribution in [0.4, 0.5) is 0 Å². The third-order valence-corrected chi connectivity index (χ3v) is 4.02. The molecule has 0 aliphatic carbocycles. The van der Waals surface area contributed by atoms with Gasteiger partial charge in [0.15, 0.2) is 0 Å². The first kappa shape index (κ1) is 13.9. The fourth-order valence-electron chi connectivity index (χ4n) is 2.67. The fourth-order valence-corrected chi connectivity index (χ4v) is 2.67. The van der Waals surface area contributed by atoms with Crippen molar-refractivity contribution < 1.29 is 14.4 Å². The Hall–Kier alpha value is -1.55. The van der Waals surface area contributed by atoms with E-state index < -0.39 is 0 Å². The zero-order valence-electron chi connectivity index (χ0n) is 11.5. The van der Waals surface area contributed by atoms with E-state index in [1.807, 2.05) is 12.1 Å². The van der Waals surface area contributed by atoms with Gasteiger partial charge in [0.1, 0.15) is 5.75 Å². The van der Waals surface area contributed by atoms with Gasteiger partial charge in [-0.1, -0.05) is 12.1 Å². The SMILES string of the molecule is COc1ccc(CC[NH+]2CCC(C(N)=O)CC2)cc1. The number of likely N-dealkylation sites (tertiary alicyclic amines) is 1. The predicted molar refractivity (Wildman–Crippen MR) is 74.2 cm³/mol. The van der Waals surface area contributed by atoms with Crippen LogP contribution in [0.2, 0.25) is 0 Å². The van der Waals surface area contributed by atoms with Gasteiger partial charge >= 0.3 is 0 Å². The average molecular weight is 263 g/mol. The number of nitrogens with one attached hydrogen (secondary N) is 1. The number of hydrogen-bond acceptors (Lipinski definition) is 2. The second-order valence-electron chi connectivity index (χ2n) is 5.27. The Kier molecular flexibility index (Phi) is 4.80. The van der Waals surface area contributed by atoms with Crippen LogP contribution < -0.4 is 15.4 Å². The number of rotatable bonds is 5. The highest BCUT2D eigenvalue weighted by atomic mass is 16.5. The largest absolute Gasteiger partial charge is 0.497 e. The molecular formula is C15H23N2O2+. The number of carbonyl (C=O) groups excluding carboxylic acids is 1. The monoisotopic (exact) mass is 263 g/mol. The van der Waals surface area contributed by atoms with Gasteiger partial charge < -0.3 is 15.4 Å². The highest BCUT2D eigenvalue weighted by molar-refractivity contribution is 5.76. The summed E-state index contributed by atoms with van der Waals surface area (Å²) >= 11 is 0. The Morgan fingerprint density at radius 2 is 1.95 bits per heavy atom. The van der Waals surface area contributed by atoms with Crippen molar-refractivity contribution in [2.24, 2.45) is 11.7 Å². The average Bonchev–Trinajstić information content (AvgIpc) is 2.46. The molecule has 0 aromatic heterocycles. The van der Waals surface area contributed by atoms with E-state index in [1.165, 1.54) is 5.56 Å². The molecule has 104 valence electrons. The van der Waals surface area contributed by atoms with Gasteiger partial charge in [-0.05, 0) is 17.7 Å². The third kappa shape index (κ3) is 3.96. The van der Waals surface area contributed by atoms with E-state index in [-0.39, 0.29) is 11.8 Å². The lowest BCUT2D eigenvalue weighted by molar-refractivity contribution is -0.905. The number of benzene rings is 1. The maximum absolute atomic E-state index is 11.1. The summed E-state index contributed by atoms with van der Waals surface area (Å²) in [6.45, 7) is 3.24. The Morgan fingerprint density at radius 3 is 2.47 bits per heavy atom. The highest BCUT2D eigenvalue weighted by Gasteiger charge is 2.25. The predicted octanol–water partition coefficient (Wildman–Crippen LogP) is 0.0179. The van der Waals surface area contributed by atoms with Crippen LogP contribution in [0.1, 0.15) is 18.4 Å². The van der Waals surface area contributed by atoms with Crippen LogP contribution in [-0.4, -0.2) is 32.7 Å². The molecule has 1 aliphatic rings. The topological polar surface area (TPSA) is 56.8 Å². The molecule has 4 nitrogen and oxygen atoms in total. The summed E-state index contributed by atoms with van der Waals surface area (Å²) in [5, 5.41) is 0. The third-order valence-electron chi connectivity index (χ3n) is 4.02. The smallest absolute Gasteiger partial charge is 0.220 e. The van der Waals surface area contributed by atoms with Gasteiger partial charge in [-0.3, -0.25) is 4.79 Å². The number of piperidine rings is 1. The van der Waals surface area contributed by atoms with Crippen LogP contribution in [-0.2, 0) is 11.2 Å². The van der Waals surface area contributed by atoms with E-state index in [2.05, 4.69) is 12.1 Å². The molecule has 0 saturated carbocycles. The van der Waals surface area contributed by atoms with Crippen LogP contribution in [0.5, 0.6) is 5.75 Å². The van der Waals surface area contributed by atoms with Crippen molar-refractivity contribution in [1.29, 1.82) is 0 Å². The number of ether oxygens (including phenoxy) is 1. The number of primary amides is 1. The molecule has 19 heavy (non-hydrogen) atoms. The molecule has 1 fully saturated rings. The first-order valence-electron chi connectivity index (χ1n) is 6.95. The lowest BCUT2D eigenvalue weighted by Crippen LogP contribution is -3.13. The summed E-state index contributed by atoms with van der Waals surface area (Å²) in [6.07, 6.45) is 2.95. The second kappa shape index (κ2) is 6.57. The second-order valence-corrected chi connectivity index (χ2v) is 5.27. The summed E-state index contributed by atoms with van der Waals surface area (Å²) in [6, 6.07) is 8.25. The molecule has 1 aromatic carbocycles. The Balaban J connectivity index is 1.75. The first-order chi connectivity index (χ1) is 9.19. The van der Waals surface area contributed by atoms with Crippen molar-refractivity contribution in [3.05, 3.63) is 29.8 Å². The van der Waals surface area contributed by atoms with Crippen LogP contribution in [0, 0.1) is 5.92 Å². The molecule has 1 amide bonds. The molecule has 1 aromatic rings. The minimum atomic E-state index is -0.130. The summed E-state index contributed by atoms with van der Waals surface area (Å²) in [5.74, 6) is 0.873. The Morgan fingerprint density at radius 1 is 1.32 bits per heavy atom. The van der Waals surface area contributed by atoms with Crippen molar-refractivity contribution in [3.8, 4) is 5.75 Å². The van der Waals surface area contributed by atoms with Crippen molar-refractivity contribution in [2.75, 3.05) is 26.7 Å². The van der Waals surface area contributed by atoms with Crippen LogP contribution in [0.25, 0.3) is 0 Å². The van der Waals surface area contributed by atoms with Gasteiger partial charge in [0.05, 0.1) is 26.7 Å². The van der Waals surface area contributed by atoms with Crippen LogP contribution >= 0.6 is 0 Å². The van der Waals surface area contributed by atoms with Crippen molar-refractivity contribution in [2.45, 2.75) is 19.3 Å². The zero-order chi connectivity index (χ0) is 13.7. The van der Waals surface area contributed by atoms with Crippen molar-refractivity contribution in [3.63, 3.8) is 0 Å². The molecule has 3 N–H and O–H groups in total. The molecule has 4 heteroatoms. The molecule has 0 bridgehead atoms. The number of amides is 1. The summed E-state index contributed by atoms with van der Waals surface area (Å²) in [5.41, 5.74) is 6.68. The Labute approximate surface area is 114 Å². The molecule has 0 radical (unpaired) electrons. The van der Waals surface area contributed by atoms with Crippen molar-refractivity contribution in [1.82, 2.24) is 0 Å². The summed E-state index contributed by atoms with van der Waals surface area (Å²) < 4.78 is 5.15. The van der Waals surface area contributed by atoms with Gasteiger partial charge in [0, 0.05) is 25.2 Å². The quantitative estimate of drug-likeness (QED) is 0.787. The normalized spacial score (nSPS) is 23.0. The fraction of sp³-hybridized carbons (Fsp3) is 0.533. The van der Waals surface area contributed by atoms with Crippen LogP contribution in [0.15, 0.2) is 24.3 Å². The van der Waals surface area contributed by atoms with Crippen LogP contribution in [0.3, 0.4) is 0 Å². The van der Waals surface area contributed by atoms with Gasteiger partial charge in [-0.2, -0.15) is 0 Å². The maximum atomic E-state index is 11.1. The van der Waals surface area contributed by atoms with Gasteiger partial charge in [-0.25, -0.2) is 0 Å². The molecule has 1 aliphatic heterocycles. The van der Waals surface area contributed by atoms with E-state index >= 15 is 0 Å². The molecular weight excluding hydrogens is 240 g/mol. The number of nitrogens with two attached hydrogens (primary N) is 1. The number of quaternary nitrogens is 1. The van der Waals surface area contributed by atoms with E-state index in [0.29, 0.717) is 0 Å².